The Kier molecular flexibility index (Phi) is 7.67. The summed E-state index contributed by atoms with van der Waals surface area (Å²) in [6, 6.07) is 17.4. The van der Waals surface area contributed by atoms with Crippen LogP contribution in [0.2, 0.25) is 5.02 Å². The van der Waals surface area contributed by atoms with Gasteiger partial charge in [-0.1, -0.05) is 29.8 Å². The second kappa shape index (κ2) is 10.5. The molecule has 0 atom stereocenters. The number of sulfonamides is 1. The van der Waals surface area contributed by atoms with Gasteiger partial charge in [-0.15, -0.1) is 0 Å². The Bertz CT molecular complexity index is 1230. The third-order valence-corrected chi connectivity index (χ3v) is 6.69. The smallest absolute Gasteiger partial charge is 0.265 e. The summed E-state index contributed by atoms with van der Waals surface area (Å²) >= 11 is 6.15. The number of hydrogen-bond donors (Lipinski definition) is 1. The molecule has 0 bridgehead atoms. The van der Waals surface area contributed by atoms with E-state index in [1.807, 2.05) is 0 Å². The number of hydrogen-bond acceptors (Lipinski definition) is 6. The van der Waals surface area contributed by atoms with Crippen molar-refractivity contribution < 1.29 is 27.4 Å². The molecule has 10 heteroatoms. The molecule has 3 aromatic rings. The zero-order chi connectivity index (χ0) is 24.0. The molecule has 0 aliphatic carbocycles. The third kappa shape index (κ3) is 5.50. The molecule has 0 unspecified atom stereocenters. The van der Waals surface area contributed by atoms with Crippen LogP contribution in [0.4, 0.5) is 11.4 Å². The van der Waals surface area contributed by atoms with Gasteiger partial charge >= 0.3 is 0 Å². The van der Waals surface area contributed by atoms with E-state index in [1.54, 1.807) is 36.4 Å². The molecule has 8 nitrogen and oxygen atoms in total. The van der Waals surface area contributed by atoms with E-state index < -0.39 is 22.5 Å². The molecule has 0 spiro atoms. The maximum absolute atomic E-state index is 13.7. The van der Waals surface area contributed by atoms with Crippen LogP contribution in [0.3, 0.4) is 0 Å². The Balaban J connectivity index is 2.08. The van der Waals surface area contributed by atoms with Gasteiger partial charge in [0, 0.05) is 16.8 Å². The van der Waals surface area contributed by atoms with Gasteiger partial charge in [-0.05, 0) is 42.5 Å². The van der Waals surface area contributed by atoms with Crippen molar-refractivity contribution in [2.45, 2.75) is 4.90 Å². The fourth-order valence-electron chi connectivity index (χ4n) is 3.11. The Morgan fingerprint density at radius 3 is 2.15 bits per heavy atom. The minimum atomic E-state index is -4.25. The summed E-state index contributed by atoms with van der Waals surface area (Å²) in [5, 5.41) is 2.97. The van der Waals surface area contributed by atoms with Crippen molar-refractivity contribution in [3.8, 4) is 17.2 Å². The number of carbonyl (C=O) groups excluding carboxylic acids is 1. The summed E-state index contributed by atoms with van der Waals surface area (Å²) < 4.78 is 44.2. The molecule has 3 aromatic carbocycles. The van der Waals surface area contributed by atoms with Crippen molar-refractivity contribution >= 4 is 38.9 Å². The second-order valence-electron chi connectivity index (χ2n) is 6.76. The average molecular weight is 491 g/mol. The van der Waals surface area contributed by atoms with Gasteiger partial charge in [0.05, 0.1) is 31.9 Å². The van der Waals surface area contributed by atoms with E-state index >= 15 is 0 Å². The lowest BCUT2D eigenvalue weighted by Gasteiger charge is -2.26. The molecule has 1 N–H and O–H groups in total. The predicted molar refractivity (Wildman–Crippen MR) is 127 cm³/mol. The fraction of sp³-hybridized carbons (Fsp3) is 0.174. The van der Waals surface area contributed by atoms with Crippen molar-refractivity contribution in [2.75, 3.05) is 37.5 Å². The number of carbonyl (C=O) groups is 1. The Morgan fingerprint density at radius 1 is 0.879 bits per heavy atom. The Morgan fingerprint density at radius 2 is 1.52 bits per heavy atom. The summed E-state index contributed by atoms with van der Waals surface area (Å²) in [7, 11) is 0.000298. The largest absolute Gasteiger partial charge is 0.495 e. The highest BCUT2D eigenvalue weighted by Gasteiger charge is 2.30. The molecule has 1 amide bonds. The van der Waals surface area contributed by atoms with Gasteiger partial charge in [-0.2, -0.15) is 0 Å². The zero-order valence-corrected chi connectivity index (χ0v) is 19.8. The fourth-order valence-corrected chi connectivity index (χ4v) is 4.72. The normalized spacial score (nSPS) is 10.9. The summed E-state index contributed by atoms with van der Waals surface area (Å²) in [5.74, 6) is 0.277. The highest BCUT2D eigenvalue weighted by Crippen LogP contribution is 2.37. The SMILES string of the molecule is COc1ccc(S(=O)(=O)N(CC(=O)Nc2ccccc2)c2cc(Cl)ccc2OC)cc1OC. The zero-order valence-electron chi connectivity index (χ0n) is 18.2. The maximum atomic E-state index is 13.7. The molecule has 3 rings (SSSR count). The first kappa shape index (κ1) is 24.2. The van der Waals surface area contributed by atoms with Gasteiger partial charge in [0.15, 0.2) is 11.5 Å². The van der Waals surface area contributed by atoms with Crippen molar-refractivity contribution in [3.05, 3.63) is 71.8 Å². The van der Waals surface area contributed by atoms with E-state index in [-0.39, 0.29) is 27.1 Å². The van der Waals surface area contributed by atoms with E-state index in [9.17, 15) is 13.2 Å². The van der Waals surface area contributed by atoms with Crippen molar-refractivity contribution in [1.29, 1.82) is 0 Å². The molecule has 0 aromatic heterocycles. The Labute approximate surface area is 197 Å². The predicted octanol–water partition coefficient (Wildman–Crippen LogP) is 4.20. The van der Waals surface area contributed by atoms with E-state index in [0.717, 1.165) is 4.31 Å². The monoisotopic (exact) mass is 490 g/mol. The number of nitrogens with one attached hydrogen (secondary N) is 1. The maximum Gasteiger partial charge on any atom is 0.265 e. The molecular formula is C23H23ClN2O6S. The minimum absolute atomic E-state index is 0.102. The average Bonchev–Trinajstić information content (AvgIpc) is 2.82. The van der Waals surface area contributed by atoms with Crippen LogP contribution in [0.5, 0.6) is 17.2 Å². The highest BCUT2D eigenvalue weighted by molar-refractivity contribution is 7.92. The highest BCUT2D eigenvalue weighted by atomic mass is 35.5. The number of benzene rings is 3. The number of halogens is 1. The lowest BCUT2D eigenvalue weighted by atomic mass is 10.3. The van der Waals surface area contributed by atoms with Gasteiger partial charge in [-0.3, -0.25) is 9.10 Å². The summed E-state index contributed by atoms with van der Waals surface area (Å²) in [5.41, 5.74) is 0.645. The molecule has 0 saturated carbocycles. The molecule has 0 saturated heterocycles. The van der Waals surface area contributed by atoms with Crippen LogP contribution in [0.25, 0.3) is 0 Å². The van der Waals surface area contributed by atoms with Crippen LogP contribution in [0.1, 0.15) is 0 Å². The molecule has 174 valence electrons. The van der Waals surface area contributed by atoms with Gasteiger partial charge in [0.25, 0.3) is 10.0 Å². The third-order valence-electron chi connectivity index (χ3n) is 4.70. The summed E-state index contributed by atoms with van der Waals surface area (Å²) in [6.07, 6.45) is 0. The first-order valence-corrected chi connectivity index (χ1v) is 11.5. The van der Waals surface area contributed by atoms with Crippen molar-refractivity contribution in [2.24, 2.45) is 0 Å². The number of nitrogens with zero attached hydrogens (tertiary/aromatic N) is 1. The van der Waals surface area contributed by atoms with Crippen LogP contribution in [-0.4, -0.2) is 42.2 Å². The van der Waals surface area contributed by atoms with Crippen molar-refractivity contribution in [3.63, 3.8) is 0 Å². The lowest BCUT2D eigenvalue weighted by molar-refractivity contribution is -0.114. The molecule has 33 heavy (non-hydrogen) atoms. The lowest BCUT2D eigenvalue weighted by Crippen LogP contribution is -2.38. The first-order valence-electron chi connectivity index (χ1n) is 9.73. The summed E-state index contributed by atoms with van der Waals surface area (Å²) in [4.78, 5) is 12.7. The van der Waals surface area contributed by atoms with Crippen LogP contribution in [0, 0.1) is 0 Å². The molecule has 0 radical (unpaired) electrons. The van der Waals surface area contributed by atoms with E-state index in [1.165, 1.54) is 51.7 Å². The van der Waals surface area contributed by atoms with E-state index in [4.69, 9.17) is 25.8 Å². The van der Waals surface area contributed by atoms with Gasteiger partial charge in [-0.25, -0.2) is 8.42 Å². The van der Waals surface area contributed by atoms with E-state index in [2.05, 4.69) is 5.32 Å². The van der Waals surface area contributed by atoms with Crippen molar-refractivity contribution in [1.82, 2.24) is 0 Å². The van der Waals surface area contributed by atoms with E-state index in [0.29, 0.717) is 11.4 Å². The number of amides is 1. The number of ether oxygens (including phenoxy) is 3. The van der Waals surface area contributed by atoms with Crippen LogP contribution < -0.4 is 23.8 Å². The standard InChI is InChI=1S/C23H23ClN2O6S/c1-30-20-11-9-16(24)13-19(20)26(15-23(27)25-17-7-5-4-6-8-17)33(28,29)18-10-12-21(31-2)22(14-18)32-3/h4-14H,15H2,1-3H3,(H,25,27). The summed E-state index contributed by atoms with van der Waals surface area (Å²) in [6.45, 7) is -0.526. The van der Waals surface area contributed by atoms with Crippen LogP contribution >= 0.6 is 11.6 Å². The topological polar surface area (TPSA) is 94.2 Å². The minimum Gasteiger partial charge on any atom is -0.495 e. The van der Waals surface area contributed by atoms with Gasteiger partial charge in [0.2, 0.25) is 5.91 Å². The molecular weight excluding hydrogens is 468 g/mol. The number of methoxy groups -OCH3 is 3. The molecule has 0 aliphatic rings. The van der Waals surface area contributed by atoms with Crippen LogP contribution in [0.15, 0.2) is 71.6 Å². The number of anilines is 2. The molecule has 0 heterocycles. The van der Waals surface area contributed by atoms with Gasteiger partial charge < -0.3 is 19.5 Å². The number of rotatable bonds is 9. The Hall–Kier alpha value is -3.43. The number of para-hydroxylation sites is 1. The second-order valence-corrected chi connectivity index (χ2v) is 9.06. The molecule has 0 aliphatic heterocycles. The molecule has 0 fully saturated rings. The van der Waals surface area contributed by atoms with Gasteiger partial charge in [0.1, 0.15) is 12.3 Å². The van der Waals surface area contributed by atoms with Crippen LogP contribution in [-0.2, 0) is 14.8 Å². The first-order chi connectivity index (χ1) is 15.8. The quantitative estimate of drug-likeness (QED) is 0.483.